The van der Waals surface area contributed by atoms with Gasteiger partial charge in [0.1, 0.15) is 0 Å². The SMILES string of the molecule is CN1CCN(C)C1=NCCP(c1ccccc1)c1ccccc1. The Labute approximate surface area is 140 Å². The molecular weight excluding hydrogens is 301 g/mol. The van der Waals surface area contributed by atoms with Crippen molar-refractivity contribution in [1.82, 2.24) is 9.80 Å². The van der Waals surface area contributed by atoms with Gasteiger partial charge in [0.15, 0.2) is 5.96 Å². The molecule has 1 aliphatic heterocycles. The number of guanidine groups is 1. The smallest absolute Gasteiger partial charge is 0.196 e. The first-order valence-electron chi connectivity index (χ1n) is 8.10. The molecule has 0 spiro atoms. The van der Waals surface area contributed by atoms with Crippen molar-refractivity contribution in [3.8, 4) is 0 Å². The van der Waals surface area contributed by atoms with Gasteiger partial charge in [0.2, 0.25) is 0 Å². The Kier molecular flexibility index (Phi) is 5.30. The Morgan fingerprint density at radius 1 is 0.826 bits per heavy atom. The summed E-state index contributed by atoms with van der Waals surface area (Å²) in [6.07, 6.45) is 1.09. The molecule has 23 heavy (non-hydrogen) atoms. The van der Waals surface area contributed by atoms with Crippen LogP contribution in [0.15, 0.2) is 65.7 Å². The van der Waals surface area contributed by atoms with E-state index in [0.29, 0.717) is 0 Å². The molecule has 1 saturated heterocycles. The molecule has 0 bridgehead atoms. The van der Waals surface area contributed by atoms with Crippen molar-refractivity contribution in [2.75, 3.05) is 39.9 Å². The largest absolute Gasteiger partial charge is 0.344 e. The van der Waals surface area contributed by atoms with Crippen molar-refractivity contribution in [2.45, 2.75) is 0 Å². The molecule has 0 atom stereocenters. The molecule has 0 saturated carbocycles. The molecule has 1 aliphatic rings. The lowest BCUT2D eigenvalue weighted by molar-refractivity contribution is 0.553. The fourth-order valence-electron chi connectivity index (χ4n) is 2.91. The van der Waals surface area contributed by atoms with E-state index >= 15 is 0 Å². The van der Waals surface area contributed by atoms with Crippen molar-refractivity contribution in [1.29, 1.82) is 0 Å². The summed E-state index contributed by atoms with van der Waals surface area (Å²) in [7, 11) is 3.91. The predicted molar refractivity (Wildman–Crippen MR) is 102 cm³/mol. The van der Waals surface area contributed by atoms with Gasteiger partial charge in [-0.05, 0) is 24.7 Å². The number of hydrogen-bond donors (Lipinski definition) is 0. The van der Waals surface area contributed by atoms with Crippen molar-refractivity contribution >= 4 is 24.5 Å². The first-order valence-corrected chi connectivity index (χ1v) is 9.63. The molecule has 1 fully saturated rings. The van der Waals surface area contributed by atoms with Gasteiger partial charge in [-0.3, -0.25) is 4.99 Å². The van der Waals surface area contributed by atoms with Crippen LogP contribution in [0.5, 0.6) is 0 Å². The highest BCUT2D eigenvalue weighted by Crippen LogP contribution is 2.32. The summed E-state index contributed by atoms with van der Waals surface area (Å²) < 4.78 is 0. The molecule has 0 amide bonds. The van der Waals surface area contributed by atoms with Gasteiger partial charge in [-0.1, -0.05) is 60.7 Å². The van der Waals surface area contributed by atoms with Crippen LogP contribution in [0.4, 0.5) is 0 Å². The van der Waals surface area contributed by atoms with E-state index in [0.717, 1.165) is 31.8 Å². The molecule has 3 rings (SSSR count). The van der Waals surface area contributed by atoms with Crippen molar-refractivity contribution < 1.29 is 0 Å². The van der Waals surface area contributed by atoms with E-state index in [4.69, 9.17) is 4.99 Å². The zero-order chi connectivity index (χ0) is 16.1. The Hall–Kier alpha value is -1.86. The van der Waals surface area contributed by atoms with Gasteiger partial charge in [0, 0.05) is 33.7 Å². The molecule has 0 N–H and O–H groups in total. The third-order valence-corrected chi connectivity index (χ3v) is 6.66. The topological polar surface area (TPSA) is 18.8 Å². The number of nitrogens with zero attached hydrogens (tertiary/aromatic N) is 3. The molecule has 1 heterocycles. The normalized spacial score (nSPS) is 14.7. The van der Waals surface area contributed by atoms with Crippen LogP contribution in [0.25, 0.3) is 0 Å². The van der Waals surface area contributed by atoms with Gasteiger partial charge in [-0.2, -0.15) is 0 Å². The van der Waals surface area contributed by atoms with Gasteiger partial charge < -0.3 is 9.80 Å². The lowest BCUT2D eigenvalue weighted by atomic mass is 10.4. The van der Waals surface area contributed by atoms with Crippen molar-refractivity contribution in [3.05, 3.63) is 60.7 Å². The number of hydrogen-bond acceptors (Lipinski definition) is 1. The maximum atomic E-state index is 4.86. The quantitative estimate of drug-likeness (QED) is 0.786. The van der Waals surface area contributed by atoms with E-state index in [1.165, 1.54) is 10.6 Å². The minimum Gasteiger partial charge on any atom is -0.344 e. The van der Waals surface area contributed by atoms with Crippen LogP contribution in [0.3, 0.4) is 0 Å². The average Bonchev–Trinajstić information content (AvgIpc) is 2.92. The molecule has 4 heteroatoms. The van der Waals surface area contributed by atoms with Gasteiger partial charge in [-0.15, -0.1) is 0 Å². The van der Waals surface area contributed by atoms with Crippen LogP contribution >= 0.6 is 7.92 Å². The summed E-state index contributed by atoms with van der Waals surface area (Å²) in [6.45, 7) is 3.02. The second-order valence-electron chi connectivity index (χ2n) is 5.85. The number of aliphatic imine (C=N–C) groups is 1. The van der Waals surface area contributed by atoms with Gasteiger partial charge in [-0.25, -0.2) is 0 Å². The second kappa shape index (κ2) is 7.61. The highest BCUT2D eigenvalue weighted by molar-refractivity contribution is 7.73. The van der Waals surface area contributed by atoms with Crippen LogP contribution in [0, 0.1) is 0 Å². The lowest BCUT2D eigenvalue weighted by Gasteiger charge is -2.19. The van der Waals surface area contributed by atoms with Crippen LogP contribution < -0.4 is 10.6 Å². The summed E-state index contributed by atoms with van der Waals surface area (Å²) >= 11 is 0. The zero-order valence-corrected chi connectivity index (χ0v) is 14.8. The van der Waals surface area contributed by atoms with E-state index in [1.54, 1.807) is 0 Å². The second-order valence-corrected chi connectivity index (χ2v) is 8.18. The number of likely N-dealkylation sites (N-methyl/N-ethyl adjacent to an activating group) is 2. The first kappa shape index (κ1) is 16.0. The Morgan fingerprint density at radius 2 is 1.30 bits per heavy atom. The molecule has 0 radical (unpaired) electrons. The van der Waals surface area contributed by atoms with E-state index in [-0.39, 0.29) is 7.92 Å². The van der Waals surface area contributed by atoms with E-state index in [9.17, 15) is 0 Å². The summed E-state index contributed by atoms with van der Waals surface area (Å²) in [5.74, 6) is 1.13. The molecule has 120 valence electrons. The Morgan fingerprint density at radius 3 is 1.78 bits per heavy atom. The maximum absolute atomic E-state index is 4.86. The highest BCUT2D eigenvalue weighted by Gasteiger charge is 2.19. The van der Waals surface area contributed by atoms with E-state index in [2.05, 4.69) is 84.6 Å². The summed E-state index contributed by atoms with van der Waals surface area (Å²) in [5.41, 5.74) is 0. The van der Waals surface area contributed by atoms with E-state index < -0.39 is 0 Å². The standard InChI is InChI=1S/C19H24N3P/c1-21-14-15-22(2)19(21)20-13-16-23(17-9-5-3-6-10-17)18-11-7-4-8-12-18/h3-12H,13-16H2,1-2H3. The molecule has 3 nitrogen and oxygen atoms in total. The van der Waals surface area contributed by atoms with Gasteiger partial charge >= 0.3 is 0 Å². The van der Waals surface area contributed by atoms with E-state index in [1.807, 2.05) is 0 Å². The molecule has 0 aliphatic carbocycles. The lowest BCUT2D eigenvalue weighted by Crippen LogP contribution is -2.29. The Balaban J connectivity index is 1.76. The maximum Gasteiger partial charge on any atom is 0.196 e. The number of benzene rings is 2. The van der Waals surface area contributed by atoms with Crippen LogP contribution in [0.2, 0.25) is 0 Å². The Bertz CT molecular complexity index is 591. The summed E-state index contributed by atoms with van der Waals surface area (Å²) in [5, 5.41) is 2.86. The first-order chi connectivity index (χ1) is 11.3. The molecule has 0 aromatic heterocycles. The highest BCUT2D eigenvalue weighted by atomic mass is 31.1. The van der Waals surface area contributed by atoms with Crippen molar-refractivity contribution in [3.63, 3.8) is 0 Å². The summed E-state index contributed by atoms with van der Waals surface area (Å²) in [4.78, 5) is 9.35. The third kappa shape index (κ3) is 3.92. The zero-order valence-electron chi connectivity index (χ0n) is 13.9. The molecule has 2 aromatic carbocycles. The average molecular weight is 325 g/mol. The third-order valence-electron chi connectivity index (χ3n) is 4.17. The minimum atomic E-state index is -0.344. The molecule has 2 aromatic rings. The van der Waals surface area contributed by atoms with Crippen LogP contribution in [-0.4, -0.2) is 55.7 Å². The predicted octanol–water partition coefficient (Wildman–Crippen LogP) is 2.35. The van der Waals surface area contributed by atoms with Crippen LogP contribution in [-0.2, 0) is 0 Å². The molecular formula is C19H24N3P. The fourth-order valence-corrected chi connectivity index (χ4v) is 5.08. The van der Waals surface area contributed by atoms with Gasteiger partial charge in [0.05, 0.1) is 0 Å². The fraction of sp³-hybridized carbons (Fsp3) is 0.316. The summed E-state index contributed by atoms with van der Waals surface area (Å²) in [6, 6.07) is 21.7. The monoisotopic (exact) mass is 325 g/mol. The number of rotatable bonds is 5. The minimum absolute atomic E-state index is 0.344. The van der Waals surface area contributed by atoms with Crippen molar-refractivity contribution in [2.24, 2.45) is 4.99 Å². The van der Waals surface area contributed by atoms with Crippen LogP contribution in [0.1, 0.15) is 0 Å². The van der Waals surface area contributed by atoms with Gasteiger partial charge in [0.25, 0.3) is 0 Å². The molecule has 0 unspecified atom stereocenters.